The fourth-order valence-electron chi connectivity index (χ4n) is 5.25. The first-order valence-corrected chi connectivity index (χ1v) is 10.7. The van der Waals surface area contributed by atoms with Crippen LogP contribution < -0.4 is 0 Å². The minimum atomic E-state index is -1.53. The number of likely N-dealkylation sites (tertiary alicyclic amines) is 1. The van der Waals surface area contributed by atoms with Gasteiger partial charge in [0, 0.05) is 32.2 Å². The molecular weight excluding hydrogens is 445 g/mol. The minimum absolute atomic E-state index is 0.0703. The van der Waals surface area contributed by atoms with Crippen LogP contribution in [-0.4, -0.2) is 52.9 Å². The molecule has 3 saturated heterocycles. The van der Waals surface area contributed by atoms with Gasteiger partial charge in [0.25, 0.3) is 5.91 Å². The summed E-state index contributed by atoms with van der Waals surface area (Å²) in [6, 6.07) is 4.05. The van der Waals surface area contributed by atoms with E-state index in [4.69, 9.17) is 0 Å². The number of piperidine rings is 1. The SMILES string of the molecule is O=C(c1c(F)ccc(F)c1F)N1CCC2(CC1)CN1CC[C@@H](c3cc(F)cc(F)c3)N1C2=O. The molecule has 3 heterocycles. The van der Waals surface area contributed by atoms with E-state index in [1.165, 1.54) is 17.0 Å². The first kappa shape index (κ1) is 21.8. The van der Waals surface area contributed by atoms with Crippen molar-refractivity contribution >= 4 is 11.8 Å². The normalized spacial score (nSPS) is 22.3. The van der Waals surface area contributed by atoms with Gasteiger partial charge in [-0.1, -0.05) is 0 Å². The van der Waals surface area contributed by atoms with Gasteiger partial charge in [0.1, 0.15) is 23.0 Å². The highest BCUT2D eigenvalue weighted by atomic mass is 19.2. The van der Waals surface area contributed by atoms with Crippen molar-refractivity contribution in [1.82, 2.24) is 14.9 Å². The molecule has 174 valence electrons. The topological polar surface area (TPSA) is 43.9 Å². The van der Waals surface area contributed by atoms with E-state index in [0.717, 1.165) is 6.07 Å². The second-order valence-electron chi connectivity index (χ2n) is 8.84. The van der Waals surface area contributed by atoms with Gasteiger partial charge in [-0.05, 0) is 49.1 Å². The Morgan fingerprint density at radius 1 is 0.909 bits per heavy atom. The van der Waals surface area contributed by atoms with Crippen LogP contribution in [0.25, 0.3) is 0 Å². The van der Waals surface area contributed by atoms with Crippen LogP contribution in [0.15, 0.2) is 30.3 Å². The van der Waals surface area contributed by atoms with Crippen molar-refractivity contribution in [1.29, 1.82) is 0 Å². The molecule has 0 aromatic heterocycles. The lowest BCUT2D eigenvalue weighted by atomic mass is 9.77. The number of fused-ring (bicyclic) bond motifs is 1. The number of amides is 2. The summed E-state index contributed by atoms with van der Waals surface area (Å²) in [5.41, 5.74) is -1.37. The van der Waals surface area contributed by atoms with E-state index >= 15 is 0 Å². The Morgan fingerprint density at radius 2 is 1.55 bits per heavy atom. The average molecular weight is 465 g/mol. The highest BCUT2D eigenvalue weighted by Crippen LogP contribution is 2.47. The molecule has 3 aliphatic heterocycles. The summed E-state index contributed by atoms with van der Waals surface area (Å²) in [6.45, 7) is 1.07. The largest absolute Gasteiger partial charge is 0.338 e. The van der Waals surface area contributed by atoms with E-state index in [-0.39, 0.29) is 31.8 Å². The van der Waals surface area contributed by atoms with Gasteiger partial charge in [0.15, 0.2) is 11.6 Å². The van der Waals surface area contributed by atoms with Crippen molar-refractivity contribution in [3.63, 3.8) is 0 Å². The summed E-state index contributed by atoms with van der Waals surface area (Å²) in [4.78, 5) is 27.3. The van der Waals surface area contributed by atoms with Crippen molar-refractivity contribution in [3.8, 4) is 0 Å². The van der Waals surface area contributed by atoms with Crippen LogP contribution in [0, 0.1) is 34.5 Å². The van der Waals surface area contributed by atoms with E-state index in [1.54, 1.807) is 5.01 Å². The number of nitrogens with zero attached hydrogens (tertiary/aromatic N) is 3. The molecule has 33 heavy (non-hydrogen) atoms. The van der Waals surface area contributed by atoms with Crippen LogP contribution >= 0.6 is 0 Å². The van der Waals surface area contributed by atoms with Gasteiger partial charge in [-0.2, -0.15) is 0 Å². The standard InChI is InChI=1S/C23H20F5N3O2/c24-14-9-13(10-15(25)11-14)18-3-6-30-12-23(22(33)31(18)30)4-7-29(8-5-23)21(32)19-16(26)1-2-17(27)20(19)28/h1-2,9-11,18H,3-8,12H2/t18-/m0/s1. The Balaban J connectivity index is 1.33. The van der Waals surface area contributed by atoms with Gasteiger partial charge in [0.05, 0.1) is 11.5 Å². The smallest absolute Gasteiger partial charge is 0.259 e. The Hall–Kier alpha value is -3.01. The van der Waals surface area contributed by atoms with Crippen LogP contribution in [0.2, 0.25) is 0 Å². The Kier molecular flexibility index (Phi) is 5.15. The monoisotopic (exact) mass is 465 g/mol. The maximum atomic E-state index is 14.1. The summed E-state index contributed by atoms with van der Waals surface area (Å²) >= 11 is 0. The fourth-order valence-corrected chi connectivity index (χ4v) is 5.25. The molecule has 0 N–H and O–H groups in total. The number of carbonyl (C=O) groups excluding carboxylic acids is 2. The molecule has 0 saturated carbocycles. The predicted octanol–water partition coefficient (Wildman–Crippen LogP) is 3.81. The second kappa shape index (κ2) is 7.79. The first-order chi connectivity index (χ1) is 15.7. The maximum absolute atomic E-state index is 14.1. The summed E-state index contributed by atoms with van der Waals surface area (Å²) in [7, 11) is 0. The summed E-state index contributed by atoms with van der Waals surface area (Å²) < 4.78 is 69.1. The number of benzene rings is 2. The molecule has 0 bridgehead atoms. The molecule has 2 aromatic carbocycles. The number of rotatable bonds is 2. The van der Waals surface area contributed by atoms with Crippen LogP contribution in [0.3, 0.4) is 0 Å². The van der Waals surface area contributed by atoms with Crippen molar-refractivity contribution in [3.05, 3.63) is 70.5 Å². The lowest BCUT2D eigenvalue weighted by Gasteiger charge is -2.38. The molecule has 1 spiro atoms. The lowest BCUT2D eigenvalue weighted by Crippen LogP contribution is -2.48. The number of hydrazine groups is 1. The predicted molar refractivity (Wildman–Crippen MR) is 106 cm³/mol. The van der Waals surface area contributed by atoms with Crippen LogP contribution in [0.5, 0.6) is 0 Å². The summed E-state index contributed by atoms with van der Waals surface area (Å²) in [6.07, 6.45) is 1.05. The van der Waals surface area contributed by atoms with E-state index in [0.29, 0.717) is 37.2 Å². The Morgan fingerprint density at radius 3 is 2.21 bits per heavy atom. The number of carbonyl (C=O) groups is 2. The highest BCUT2D eigenvalue weighted by Gasteiger charge is 2.56. The van der Waals surface area contributed by atoms with Gasteiger partial charge >= 0.3 is 0 Å². The Labute approximate surface area is 186 Å². The molecule has 5 rings (SSSR count). The highest BCUT2D eigenvalue weighted by molar-refractivity contribution is 5.95. The van der Waals surface area contributed by atoms with Gasteiger partial charge in [-0.15, -0.1) is 0 Å². The molecule has 0 radical (unpaired) electrons. The molecule has 1 atom stereocenters. The van der Waals surface area contributed by atoms with Gasteiger partial charge in [-0.25, -0.2) is 27.0 Å². The minimum Gasteiger partial charge on any atom is -0.338 e. The fraction of sp³-hybridized carbons (Fsp3) is 0.391. The summed E-state index contributed by atoms with van der Waals surface area (Å²) in [5.74, 6) is -6.57. The van der Waals surface area contributed by atoms with Crippen molar-refractivity contribution < 1.29 is 31.5 Å². The van der Waals surface area contributed by atoms with Crippen LogP contribution in [0.4, 0.5) is 22.0 Å². The van der Waals surface area contributed by atoms with E-state index in [9.17, 15) is 31.5 Å². The van der Waals surface area contributed by atoms with E-state index < -0.39 is 52.0 Å². The second-order valence-corrected chi connectivity index (χ2v) is 8.84. The average Bonchev–Trinajstić information content (AvgIpc) is 3.29. The Bertz CT molecular complexity index is 1130. The molecule has 0 aliphatic carbocycles. The molecular formula is C23H20F5N3O2. The van der Waals surface area contributed by atoms with Gasteiger partial charge in [0.2, 0.25) is 5.91 Å². The van der Waals surface area contributed by atoms with Crippen molar-refractivity contribution in [2.24, 2.45) is 5.41 Å². The third kappa shape index (κ3) is 3.47. The van der Waals surface area contributed by atoms with Crippen molar-refractivity contribution in [2.75, 3.05) is 26.2 Å². The quantitative estimate of drug-likeness (QED) is 0.501. The molecule has 2 amide bonds. The summed E-state index contributed by atoms with van der Waals surface area (Å²) in [5, 5.41) is 3.41. The molecule has 2 aromatic rings. The molecule has 10 heteroatoms. The van der Waals surface area contributed by atoms with Crippen LogP contribution in [0.1, 0.15) is 41.2 Å². The molecule has 5 nitrogen and oxygen atoms in total. The zero-order valence-corrected chi connectivity index (χ0v) is 17.5. The first-order valence-electron chi connectivity index (χ1n) is 10.7. The zero-order valence-electron chi connectivity index (χ0n) is 17.5. The van der Waals surface area contributed by atoms with Crippen LogP contribution in [-0.2, 0) is 4.79 Å². The molecule has 3 fully saturated rings. The third-order valence-corrected chi connectivity index (χ3v) is 6.94. The van der Waals surface area contributed by atoms with Gasteiger partial charge in [-0.3, -0.25) is 14.6 Å². The maximum Gasteiger partial charge on any atom is 0.259 e. The number of hydrogen-bond acceptors (Lipinski definition) is 3. The molecule has 0 unspecified atom stereocenters. The number of halogens is 5. The lowest BCUT2D eigenvalue weighted by molar-refractivity contribution is -0.144. The third-order valence-electron chi connectivity index (χ3n) is 6.94. The van der Waals surface area contributed by atoms with Crippen molar-refractivity contribution in [2.45, 2.75) is 25.3 Å². The van der Waals surface area contributed by atoms with E-state index in [1.807, 2.05) is 5.01 Å². The van der Waals surface area contributed by atoms with Gasteiger partial charge < -0.3 is 4.90 Å². The van der Waals surface area contributed by atoms with E-state index in [2.05, 4.69) is 0 Å². The zero-order chi connectivity index (χ0) is 23.5. The molecule has 3 aliphatic rings. The number of hydrogen-bond donors (Lipinski definition) is 0.